The minimum Gasteiger partial charge on any atom is -0.497 e. The predicted molar refractivity (Wildman–Crippen MR) is 94.8 cm³/mol. The van der Waals surface area contributed by atoms with Crippen molar-refractivity contribution in [2.24, 2.45) is 0 Å². The van der Waals surface area contributed by atoms with Crippen molar-refractivity contribution in [1.29, 1.82) is 0 Å². The Bertz CT molecular complexity index is 812. The molecule has 0 fully saturated rings. The highest BCUT2D eigenvalue weighted by atomic mass is 16.5. The molecule has 3 rings (SSSR count). The van der Waals surface area contributed by atoms with Gasteiger partial charge in [-0.15, -0.1) is 0 Å². The quantitative estimate of drug-likeness (QED) is 0.694. The van der Waals surface area contributed by atoms with Crippen molar-refractivity contribution in [3.63, 3.8) is 0 Å². The van der Waals surface area contributed by atoms with Gasteiger partial charge in [-0.05, 0) is 36.8 Å². The summed E-state index contributed by atoms with van der Waals surface area (Å²) in [6.07, 6.45) is 6.78. The van der Waals surface area contributed by atoms with Crippen LogP contribution in [0.2, 0.25) is 0 Å². The Morgan fingerprint density at radius 3 is 2.56 bits per heavy atom. The van der Waals surface area contributed by atoms with Crippen molar-refractivity contribution in [1.82, 2.24) is 19.4 Å². The van der Waals surface area contributed by atoms with Crippen LogP contribution in [0, 0.1) is 0 Å². The molecule has 0 unspecified atom stereocenters. The maximum atomic E-state index is 12.7. The molecule has 2 heterocycles. The third-order valence-corrected chi connectivity index (χ3v) is 3.97. The van der Waals surface area contributed by atoms with E-state index in [1.54, 1.807) is 41.4 Å². The predicted octanol–water partition coefficient (Wildman–Crippen LogP) is 2.94. The molecular formula is C19H20N4O2. The number of hydrogen-bond donors (Lipinski definition) is 0. The molecule has 1 amide bonds. The van der Waals surface area contributed by atoms with Gasteiger partial charge in [-0.2, -0.15) is 0 Å². The monoisotopic (exact) mass is 336 g/mol. The van der Waals surface area contributed by atoms with Gasteiger partial charge in [0.2, 0.25) is 0 Å². The second-order valence-corrected chi connectivity index (χ2v) is 5.54. The summed E-state index contributed by atoms with van der Waals surface area (Å²) in [4.78, 5) is 22.9. The van der Waals surface area contributed by atoms with Crippen LogP contribution in [0.15, 0.2) is 61.3 Å². The van der Waals surface area contributed by atoms with Gasteiger partial charge in [0.15, 0.2) is 0 Å². The van der Waals surface area contributed by atoms with Gasteiger partial charge in [0.25, 0.3) is 5.91 Å². The molecular weight excluding hydrogens is 316 g/mol. The van der Waals surface area contributed by atoms with Crippen LogP contribution < -0.4 is 4.74 Å². The van der Waals surface area contributed by atoms with Crippen molar-refractivity contribution in [3.05, 3.63) is 72.4 Å². The van der Waals surface area contributed by atoms with Crippen molar-refractivity contribution in [3.8, 4) is 11.6 Å². The lowest BCUT2D eigenvalue weighted by Crippen LogP contribution is -2.30. The topological polar surface area (TPSA) is 60.2 Å². The standard InChI is InChI=1S/C19H20N4O2/c1-3-22(13-15-4-7-17(25-2)8-5-15)19(24)16-6-9-18(21-12-16)23-11-10-20-14-23/h4-12,14H,3,13H2,1-2H3. The van der Waals surface area contributed by atoms with E-state index in [9.17, 15) is 4.79 Å². The van der Waals surface area contributed by atoms with E-state index in [4.69, 9.17) is 4.74 Å². The first-order valence-corrected chi connectivity index (χ1v) is 8.08. The van der Waals surface area contributed by atoms with Gasteiger partial charge in [0.05, 0.1) is 12.7 Å². The molecule has 0 saturated carbocycles. The first kappa shape index (κ1) is 16.7. The summed E-state index contributed by atoms with van der Waals surface area (Å²) >= 11 is 0. The summed E-state index contributed by atoms with van der Waals surface area (Å²) in [5, 5.41) is 0. The molecule has 1 aromatic carbocycles. The van der Waals surface area contributed by atoms with Crippen LogP contribution in [0.1, 0.15) is 22.8 Å². The molecule has 0 aliphatic rings. The number of nitrogens with zero attached hydrogens (tertiary/aromatic N) is 4. The number of pyridine rings is 1. The molecule has 128 valence electrons. The van der Waals surface area contributed by atoms with E-state index in [0.717, 1.165) is 17.1 Å². The molecule has 0 spiro atoms. The number of hydrogen-bond acceptors (Lipinski definition) is 4. The average molecular weight is 336 g/mol. The number of carbonyl (C=O) groups is 1. The molecule has 25 heavy (non-hydrogen) atoms. The number of rotatable bonds is 6. The largest absolute Gasteiger partial charge is 0.497 e. The average Bonchev–Trinajstić information content (AvgIpc) is 3.21. The third kappa shape index (κ3) is 3.85. The number of amides is 1. The first-order chi connectivity index (χ1) is 12.2. The number of carbonyl (C=O) groups excluding carboxylic acids is 1. The van der Waals surface area contributed by atoms with E-state index in [2.05, 4.69) is 9.97 Å². The Morgan fingerprint density at radius 1 is 1.20 bits per heavy atom. The van der Waals surface area contributed by atoms with Crippen molar-refractivity contribution in [2.75, 3.05) is 13.7 Å². The zero-order chi connectivity index (χ0) is 17.6. The van der Waals surface area contributed by atoms with Crippen LogP contribution in [0.3, 0.4) is 0 Å². The maximum Gasteiger partial charge on any atom is 0.255 e. The number of ether oxygens (including phenoxy) is 1. The number of methoxy groups -OCH3 is 1. The van der Waals surface area contributed by atoms with Crippen LogP contribution in [-0.4, -0.2) is 39.0 Å². The Labute approximate surface area is 146 Å². The van der Waals surface area contributed by atoms with Gasteiger partial charge in [-0.3, -0.25) is 9.36 Å². The molecule has 6 nitrogen and oxygen atoms in total. The van der Waals surface area contributed by atoms with Crippen LogP contribution in [0.25, 0.3) is 5.82 Å². The fraction of sp³-hybridized carbons (Fsp3) is 0.211. The van der Waals surface area contributed by atoms with Gasteiger partial charge in [0, 0.05) is 31.7 Å². The zero-order valence-corrected chi connectivity index (χ0v) is 14.3. The van der Waals surface area contributed by atoms with E-state index < -0.39 is 0 Å². The number of benzene rings is 1. The molecule has 0 bridgehead atoms. The lowest BCUT2D eigenvalue weighted by Gasteiger charge is -2.21. The summed E-state index contributed by atoms with van der Waals surface area (Å²) in [5.74, 6) is 1.49. The fourth-order valence-electron chi connectivity index (χ4n) is 2.52. The number of imidazole rings is 1. The maximum absolute atomic E-state index is 12.7. The molecule has 0 aliphatic heterocycles. The molecule has 6 heteroatoms. The highest BCUT2D eigenvalue weighted by Crippen LogP contribution is 2.15. The Balaban J connectivity index is 1.72. The Hall–Kier alpha value is -3.15. The summed E-state index contributed by atoms with van der Waals surface area (Å²) in [6, 6.07) is 11.3. The summed E-state index contributed by atoms with van der Waals surface area (Å²) in [6.45, 7) is 3.13. The van der Waals surface area contributed by atoms with Gasteiger partial charge in [-0.1, -0.05) is 12.1 Å². The summed E-state index contributed by atoms with van der Waals surface area (Å²) in [7, 11) is 1.64. The van der Waals surface area contributed by atoms with Gasteiger partial charge < -0.3 is 9.64 Å². The third-order valence-electron chi connectivity index (χ3n) is 3.97. The van der Waals surface area contributed by atoms with Crippen molar-refractivity contribution >= 4 is 5.91 Å². The van der Waals surface area contributed by atoms with Crippen LogP contribution in [-0.2, 0) is 6.54 Å². The van der Waals surface area contributed by atoms with Crippen LogP contribution in [0.5, 0.6) is 5.75 Å². The smallest absolute Gasteiger partial charge is 0.255 e. The normalized spacial score (nSPS) is 10.5. The van der Waals surface area contributed by atoms with Crippen molar-refractivity contribution in [2.45, 2.75) is 13.5 Å². The van der Waals surface area contributed by atoms with E-state index in [1.807, 2.05) is 43.5 Å². The van der Waals surface area contributed by atoms with E-state index in [0.29, 0.717) is 18.7 Å². The summed E-state index contributed by atoms with van der Waals surface area (Å²) in [5.41, 5.74) is 1.62. The molecule has 0 N–H and O–H groups in total. The zero-order valence-electron chi connectivity index (χ0n) is 14.3. The molecule has 0 aliphatic carbocycles. The summed E-state index contributed by atoms with van der Waals surface area (Å²) < 4.78 is 6.96. The molecule has 0 atom stereocenters. The van der Waals surface area contributed by atoms with E-state index in [-0.39, 0.29) is 5.91 Å². The fourth-order valence-corrected chi connectivity index (χ4v) is 2.52. The molecule has 0 saturated heterocycles. The second-order valence-electron chi connectivity index (χ2n) is 5.54. The highest BCUT2D eigenvalue weighted by Gasteiger charge is 2.15. The minimum absolute atomic E-state index is 0.0389. The van der Waals surface area contributed by atoms with Crippen LogP contribution in [0.4, 0.5) is 0 Å². The molecule has 2 aromatic heterocycles. The Morgan fingerprint density at radius 2 is 2.00 bits per heavy atom. The second kappa shape index (κ2) is 7.61. The molecule has 3 aromatic rings. The van der Waals surface area contributed by atoms with Gasteiger partial charge >= 0.3 is 0 Å². The van der Waals surface area contributed by atoms with Crippen LogP contribution >= 0.6 is 0 Å². The lowest BCUT2D eigenvalue weighted by molar-refractivity contribution is 0.0752. The number of aromatic nitrogens is 3. The Kier molecular flexibility index (Phi) is 5.09. The SMILES string of the molecule is CCN(Cc1ccc(OC)cc1)C(=O)c1ccc(-n2ccnc2)nc1. The van der Waals surface area contributed by atoms with E-state index >= 15 is 0 Å². The minimum atomic E-state index is -0.0389. The highest BCUT2D eigenvalue weighted by molar-refractivity contribution is 5.94. The van der Waals surface area contributed by atoms with Gasteiger partial charge in [0.1, 0.15) is 17.9 Å². The first-order valence-electron chi connectivity index (χ1n) is 8.08. The van der Waals surface area contributed by atoms with Gasteiger partial charge in [-0.25, -0.2) is 9.97 Å². The van der Waals surface area contributed by atoms with E-state index in [1.165, 1.54) is 0 Å². The lowest BCUT2D eigenvalue weighted by atomic mass is 10.1. The van der Waals surface area contributed by atoms with Crippen molar-refractivity contribution < 1.29 is 9.53 Å². The molecule has 0 radical (unpaired) electrons.